The summed E-state index contributed by atoms with van der Waals surface area (Å²) in [5, 5.41) is 11.3. The van der Waals surface area contributed by atoms with Crippen LogP contribution in [0.25, 0.3) is 0 Å². The normalized spacial score (nSPS) is 15.7. The third-order valence-electron chi connectivity index (χ3n) is 2.38. The van der Waals surface area contributed by atoms with Gasteiger partial charge in [0.05, 0.1) is 19.0 Å². The molecule has 0 amide bonds. The lowest BCUT2D eigenvalue weighted by atomic mass is 10.0. The largest absolute Gasteiger partial charge is 0.481 e. The minimum absolute atomic E-state index is 0.237. The number of carbonyl (C=O) groups excluding carboxylic acids is 1. The second-order valence-corrected chi connectivity index (χ2v) is 3.60. The van der Waals surface area contributed by atoms with Crippen molar-refractivity contribution in [1.29, 1.82) is 0 Å². The van der Waals surface area contributed by atoms with E-state index in [0.29, 0.717) is 13.1 Å². The van der Waals surface area contributed by atoms with Gasteiger partial charge in [0.2, 0.25) is 0 Å². The number of carbonyl (C=O) groups is 2. The number of nitrogens with zero attached hydrogens (tertiary/aromatic N) is 3. The van der Waals surface area contributed by atoms with Crippen molar-refractivity contribution >= 4 is 11.9 Å². The van der Waals surface area contributed by atoms with Crippen LogP contribution in [0.5, 0.6) is 0 Å². The fourth-order valence-corrected chi connectivity index (χ4v) is 1.26. The maximum Gasteiger partial charge on any atom is 0.310 e. The predicted octanol–water partition coefficient (Wildman–Crippen LogP) is -1.13. The van der Waals surface area contributed by atoms with Crippen LogP contribution >= 0.6 is 0 Å². The SMILES string of the molecule is CCC(=O)OCOn1on1N1CC(C(=O)O)C1. The van der Waals surface area contributed by atoms with Crippen LogP contribution in [0.1, 0.15) is 13.3 Å². The molecular weight excluding hydrogens is 234 g/mol. The predicted molar refractivity (Wildman–Crippen MR) is 51.6 cm³/mol. The molecule has 9 nitrogen and oxygen atoms in total. The first-order valence-electron chi connectivity index (χ1n) is 5.16. The molecule has 1 saturated heterocycles. The van der Waals surface area contributed by atoms with Crippen molar-refractivity contribution in [3.05, 3.63) is 0 Å². The summed E-state index contributed by atoms with van der Waals surface area (Å²) >= 11 is 0. The molecular formula is C8H13N3O6. The van der Waals surface area contributed by atoms with Crippen LogP contribution in [0.15, 0.2) is 4.63 Å². The molecule has 2 heterocycles. The van der Waals surface area contributed by atoms with Crippen molar-refractivity contribution < 1.29 is 28.9 Å². The van der Waals surface area contributed by atoms with E-state index < -0.39 is 5.97 Å². The Labute approximate surface area is 95.9 Å². The minimum Gasteiger partial charge on any atom is -0.481 e. The second kappa shape index (κ2) is 4.44. The Balaban J connectivity index is 1.64. The van der Waals surface area contributed by atoms with Gasteiger partial charge in [-0.15, -0.1) is 0 Å². The summed E-state index contributed by atoms with van der Waals surface area (Å²) in [5.41, 5.74) is 0. The van der Waals surface area contributed by atoms with E-state index in [2.05, 4.69) is 4.74 Å². The Morgan fingerprint density at radius 1 is 1.47 bits per heavy atom. The molecule has 0 spiro atoms. The van der Waals surface area contributed by atoms with Crippen LogP contribution in [0, 0.1) is 5.92 Å². The molecule has 0 atom stereocenters. The highest BCUT2D eigenvalue weighted by Gasteiger charge is 2.38. The van der Waals surface area contributed by atoms with Gasteiger partial charge in [-0.3, -0.25) is 14.6 Å². The van der Waals surface area contributed by atoms with Gasteiger partial charge in [-0.2, -0.15) is 4.63 Å². The van der Waals surface area contributed by atoms with Crippen LogP contribution in [0.2, 0.25) is 0 Å². The molecule has 0 unspecified atom stereocenters. The first-order valence-corrected chi connectivity index (χ1v) is 5.16. The first-order chi connectivity index (χ1) is 8.11. The first kappa shape index (κ1) is 11.4. The van der Waals surface area contributed by atoms with E-state index in [1.807, 2.05) is 0 Å². The van der Waals surface area contributed by atoms with Crippen LogP contribution in [0.3, 0.4) is 0 Å². The molecule has 0 bridgehead atoms. The van der Waals surface area contributed by atoms with Gasteiger partial charge < -0.3 is 14.7 Å². The molecule has 1 aromatic heterocycles. The lowest BCUT2D eigenvalue weighted by Gasteiger charge is -2.32. The monoisotopic (exact) mass is 247 g/mol. The summed E-state index contributed by atoms with van der Waals surface area (Å²) in [7, 11) is 0. The highest BCUT2D eigenvalue weighted by molar-refractivity contribution is 5.72. The highest BCUT2D eigenvalue weighted by atomic mass is 17.0. The van der Waals surface area contributed by atoms with Gasteiger partial charge in [-0.1, -0.05) is 6.92 Å². The Hall–Kier alpha value is -2.06. The highest BCUT2D eigenvalue weighted by Crippen LogP contribution is 2.15. The van der Waals surface area contributed by atoms with E-state index in [1.54, 1.807) is 11.9 Å². The molecule has 0 saturated carbocycles. The lowest BCUT2D eigenvalue weighted by Crippen LogP contribution is -2.55. The van der Waals surface area contributed by atoms with Gasteiger partial charge in [0.1, 0.15) is 5.02 Å². The fourth-order valence-electron chi connectivity index (χ4n) is 1.26. The number of hydrogen-bond acceptors (Lipinski definition) is 6. The van der Waals surface area contributed by atoms with Gasteiger partial charge in [-0.05, 0) is 0 Å². The molecule has 9 heteroatoms. The van der Waals surface area contributed by atoms with Crippen molar-refractivity contribution in [3.63, 3.8) is 0 Å². The molecule has 1 aliphatic heterocycles. The van der Waals surface area contributed by atoms with E-state index in [0.717, 1.165) is 5.02 Å². The number of rotatable bonds is 6. The van der Waals surface area contributed by atoms with Crippen LogP contribution < -0.4 is 9.85 Å². The standard InChI is InChI=1S/C8H13N3O6/c1-2-7(12)15-5-16-11-10(17-11)9-3-6(4-9)8(13)14/h6H,2-5H2,1H3,(H,13,14). The zero-order chi connectivity index (χ0) is 12.4. The maximum atomic E-state index is 10.8. The number of esters is 1. The van der Waals surface area contributed by atoms with Gasteiger partial charge in [0.25, 0.3) is 6.79 Å². The Morgan fingerprint density at radius 3 is 2.76 bits per heavy atom. The molecule has 2 rings (SSSR count). The van der Waals surface area contributed by atoms with Crippen LogP contribution in [-0.2, 0) is 14.3 Å². The molecule has 1 aromatic rings. The van der Waals surface area contributed by atoms with Crippen molar-refractivity contribution in [3.8, 4) is 0 Å². The minimum atomic E-state index is -0.826. The molecule has 1 aliphatic rings. The van der Waals surface area contributed by atoms with Crippen LogP contribution in [-0.4, -0.2) is 46.9 Å². The zero-order valence-corrected chi connectivity index (χ0v) is 9.24. The third kappa shape index (κ3) is 2.55. The smallest absolute Gasteiger partial charge is 0.310 e. The second-order valence-electron chi connectivity index (χ2n) is 3.60. The molecule has 96 valence electrons. The molecule has 1 fully saturated rings. The van der Waals surface area contributed by atoms with E-state index in [9.17, 15) is 9.59 Å². The summed E-state index contributed by atoms with van der Waals surface area (Å²) in [4.78, 5) is 27.5. The summed E-state index contributed by atoms with van der Waals surface area (Å²) < 4.78 is 9.51. The number of carboxylic acids is 1. The summed E-state index contributed by atoms with van der Waals surface area (Å²) in [6.45, 7) is 2.17. The number of aromatic nitrogens is 2. The summed E-state index contributed by atoms with van der Waals surface area (Å²) in [6.07, 6.45) is 0.278. The molecule has 0 aliphatic carbocycles. The Bertz CT molecular complexity index is 399. The van der Waals surface area contributed by atoms with Crippen molar-refractivity contribution in [2.75, 3.05) is 24.9 Å². The number of carboxylic acid groups (broad SMARTS) is 1. The van der Waals surface area contributed by atoms with Gasteiger partial charge in [0, 0.05) is 11.4 Å². The summed E-state index contributed by atoms with van der Waals surface area (Å²) in [6, 6.07) is 0. The molecule has 0 radical (unpaired) electrons. The number of hydrogen-bond donors (Lipinski definition) is 1. The van der Waals surface area contributed by atoms with E-state index in [4.69, 9.17) is 14.6 Å². The van der Waals surface area contributed by atoms with E-state index in [1.165, 1.54) is 4.96 Å². The Kier molecular flexibility index (Phi) is 2.98. The van der Waals surface area contributed by atoms with Gasteiger partial charge >= 0.3 is 11.9 Å². The molecule has 0 aromatic carbocycles. The van der Waals surface area contributed by atoms with Gasteiger partial charge in [-0.25, -0.2) is 0 Å². The lowest BCUT2D eigenvalue weighted by molar-refractivity contribution is -0.159. The average Bonchev–Trinajstić information content (AvgIpc) is 2.94. The molecule has 1 N–H and O–H groups in total. The molecule has 17 heavy (non-hydrogen) atoms. The van der Waals surface area contributed by atoms with Crippen LogP contribution in [0.4, 0.5) is 0 Å². The Morgan fingerprint density at radius 2 is 2.18 bits per heavy atom. The third-order valence-corrected chi connectivity index (χ3v) is 2.38. The number of ether oxygens (including phenoxy) is 1. The summed E-state index contributed by atoms with van der Waals surface area (Å²) in [5.74, 6) is -1.57. The zero-order valence-electron chi connectivity index (χ0n) is 9.24. The maximum absolute atomic E-state index is 10.8. The quantitative estimate of drug-likeness (QED) is 0.501. The van der Waals surface area contributed by atoms with E-state index in [-0.39, 0.29) is 25.1 Å². The fraction of sp³-hybridized carbons (Fsp3) is 0.750. The van der Waals surface area contributed by atoms with Crippen molar-refractivity contribution in [2.24, 2.45) is 5.92 Å². The topological polar surface area (TPSA) is 99.1 Å². The van der Waals surface area contributed by atoms with Crippen molar-refractivity contribution in [2.45, 2.75) is 13.3 Å². The van der Waals surface area contributed by atoms with Gasteiger partial charge in [0.15, 0.2) is 0 Å². The van der Waals surface area contributed by atoms with Crippen molar-refractivity contribution in [1.82, 2.24) is 9.98 Å². The van der Waals surface area contributed by atoms with E-state index >= 15 is 0 Å². The number of aliphatic carboxylic acids is 1. The average molecular weight is 247 g/mol.